The Morgan fingerprint density at radius 3 is 2.75 bits per heavy atom. The lowest BCUT2D eigenvalue weighted by Crippen LogP contribution is -2.02. The number of hydrogen-bond donors (Lipinski definition) is 2. The summed E-state index contributed by atoms with van der Waals surface area (Å²) in [7, 11) is 0. The average Bonchev–Trinajstić information content (AvgIpc) is 2.39. The number of phenolic OH excluding ortho intramolecular Hbond substituents is 1. The van der Waals surface area contributed by atoms with Crippen LogP contribution < -0.4 is 5.55 Å². The quantitative estimate of drug-likeness (QED) is 0.619. The first-order valence-corrected chi connectivity index (χ1v) is 6.24. The van der Waals surface area contributed by atoms with Gasteiger partial charge in [-0.05, 0) is 36.8 Å². The zero-order valence-electron chi connectivity index (χ0n) is 10.5. The third-order valence-corrected chi connectivity index (χ3v) is 3.52. The Morgan fingerprint density at radius 1 is 1.30 bits per heavy atom. The zero-order valence-corrected chi connectivity index (χ0v) is 11.2. The van der Waals surface area contributed by atoms with Crippen molar-refractivity contribution in [3.63, 3.8) is 0 Å². The van der Waals surface area contributed by atoms with E-state index >= 15 is 0 Å². The molecule has 0 fully saturated rings. The van der Waals surface area contributed by atoms with Gasteiger partial charge in [0, 0.05) is 15.8 Å². The molecule has 0 bridgehead atoms. The fourth-order valence-electron chi connectivity index (χ4n) is 2.35. The Morgan fingerprint density at radius 2 is 2.05 bits per heavy atom. The summed E-state index contributed by atoms with van der Waals surface area (Å²) in [6, 6.07) is 8.78. The smallest absolute Gasteiger partial charge is 0.223 e. The van der Waals surface area contributed by atoms with Gasteiger partial charge in [-0.2, -0.15) is 5.26 Å². The van der Waals surface area contributed by atoms with Crippen LogP contribution in [0.4, 0.5) is 0 Å². The Bertz CT molecular complexity index is 968. The molecule has 4 nitrogen and oxygen atoms in total. The number of fused-ring (bicyclic) bond motifs is 3. The number of aromatic hydroxyl groups is 1. The SMILES string of the molecule is Cc1cc2c(c(O)c1C#N)c(=N)oc1ccc(Cl)cc12. The molecule has 0 aliphatic carbocycles. The molecular weight excluding hydrogens is 276 g/mol. The predicted molar refractivity (Wildman–Crippen MR) is 75.7 cm³/mol. The molecule has 0 atom stereocenters. The van der Waals surface area contributed by atoms with Crippen molar-refractivity contribution in [1.82, 2.24) is 0 Å². The van der Waals surface area contributed by atoms with E-state index < -0.39 is 0 Å². The second-order valence-electron chi connectivity index (χ2n) is 4.52. The average molecular weight is 285 g/mol. The van der Waals surface area contributed by atoms with E-state index in [1.807, 2.05) is 6.07 Å². The van der Waals surface area contributed by atoms with E-state index in [0.717, 1.165) is 0 Å². The summed E-state index contributed by atoms with van der Waals surface area (Å²) in [4.78, 5) is 0. The van der Waals surface area contributed by atoms with Crippen molar-refractivity contribution >= 4 is 33.3 Å². The normalized spacial score (nSPS) is 10.8. The Hall–Kier alpha value is -2.51. The topological polar surface area (TPSA) is 81.0 Å². The van der Waals surface area contributed by atoms with Gasteiger partial charge in [-0.1, -0.05) is 11.6 Å². The van der Waals surface area contributed by atoms with Crippen LogP contribution in [-0.4, -0.2) is 5.11 Å². The highest BCUT2D eigenvalue weighted by atomic mass is 35.5. The number of nitriles is 1. The maximum Gasteiger partial charge on any atom is 0.223 e. The molecule has 1 aromatic heterocycles. The monoisotopic (exact) mass is 284 g/mol. The second-order valence-corrected chi connectivity index (χ2v) is 4.96. The molecule has 0 unspecified atom stereocenters. The molecule has 0 saturated carbocycles. The predicted octanol–water partition coefficient (Wildman–Crippen LogP) is 3.60. The maximum atomic E-state index is 10.2. The van der Waals surface area contributed by atoms with E-state index in [4.69, 9.17) is 26.7 Å². The van der Waals surface area contributed by atoms with Gasteiger partial charge in [-0.3, -0.25) is 5.41 Å². The van der Waals surface area contributed by atoms with Gasteiger partial charge >= 0.3 is 0 Å². The lowest BCUT2D eigenvalue weighted by atomic mass is 9.99. The van der Waals surface area contributed by atoms with Crippen molar-refractivity contribution in [3.8, 4) is 11.8 Å². The van der Waals surface area contributed by atoms with E-state index in [1.165, 1.54) is 0 Å². The Labute approximate surface area is 119 Å². The van der Waals surface area contributed by atoms with Crippen LogP contribution in [0.3, 0.4) is 0 Å². The largest absolute Gasteiger partial charge is 0.506 e. The van der Waals surface area contributed by atoms with Crippen LogP contribution >= 0.6 is 11.6 Å². The summed E-state index contributed by atoms with van der Waals surface area (Å²) in [6.07, 6.45) is 0. The van der Waals surface area contributed by atoms with E-state index in [9.17, 15) is 5.11 Å². The van der Waals surface area contributed by atoms with Crippen molar-refractivity contribution in [3.05, 3.63) is 46.0 Å². The molecular formula is C15H9ClN2O2. The van der Waals surface area contributed by atoms with Crippen LogP contribution in [0.15, 0.2) is 28.7 Å². The number of nitrogens with zero attached hydrogens (tertiary/aromatic N) is 1. The second kappa shape index (κ2) is 4.26. The van der Waals surface area contributed by atoms with E-state index in [0.29, 0.717) is 26.9 Å². The van der Waals surface area contributed by atoms with Crippen LogP contribution in [0.2, 0.25) is 5.02 Å². The van der Waals surface area contributed by atoms with E-state index in [1.54, 1.807) is 31.2 Å². The summed E-state index contributed by atoms with van der Waals surface area (Å²) in [5.74, 6) is -0.224. The van der Waals surface area contributed by atoms with Crippen LogP contribution in [0.5, 0.6) is 5.75 Å². The van der Waals surface area contributed by atoms with Gasteiger partial charge in [0.05, 0.1) is 10.9 Å². The van der Waals surface area contributed by atoms with Crippen molar-refractivity contribution < 1.29 is 9.52 Å². The summed E-state index contributed by atoms with van der Waals surface area (Å²) < 4.78 is 5.39. The van der Waals surface area contributed by atoms with Crippen LogP contribution in [-0.2, 0) is 0 Å². The number of nitrogens with one attached hydrogen (secondary N) is 1. The summed E-state index contributed by atoms with van der Waals surface area (Å²) in [6.45, 7) is 1.74. The molecule has 3 aromatic rings. The molecule has 0 spiro atoms. The molecule has 0 amide bonds. The number of aryl methyl sites for hydroxylation is 1. The number of hydrogen-bond acceptors (Lipinski definition) is 4. The van der Waals surface area contributed by atoms with Gasteiger partial charge in [0.15, 0.2) is 0 Å². The summed E-state index contributed by atoms with van der Waals surface area (Å²) in [5, 5.41) is 29.3. The number of phenols is 1. The molecule has 2 aromatic carbocycles. The lowest BCUT2D eigenvalue weighted by molar-refractivity contribution is 0.473. The zero-order chi connectivity index (χ0) is 14.4. The Balaban J connectivity index is 2.67. The molecule has 3 rings (SSSR count). The van der Waals surface area contributed by atoms with Crippen molar-refractivity contribution in [1.29, 1.82) is 10.7 Å². The highest BCUT2D eigenvalue weighted by Gasteiger charge is 2.15. The number of rotatable bonds is 0. The third kappa shape index (κ3) is 1.64. The van der Waals surface area contributed by atoms with Crippen LogP contribution in [0.25, 0.3) is 21.7 Å². The van der Waals surface area contributed by atoms with Gasteiger partial charge in [0.25, 0.3) is 0 Å². The van der Waals surface area contributed by atoms with Gasteiger partial charge in [0.2, 0.25) is 5.55 Å². The molecule has 0 aliphatic heterocycles. The summed E-state index contributed by atoms with van der Waals surface area (Å²) in [5.41, 5.74) is 1.13. The lowest BCUT2D eigenvalue weighted by Gasteiger charge is -2.09. The number of halogens is 1. The Kier molecular flexibility index (Phi) is 2.66. The minimum atomic E-state index is -0.224. The van der Waals surface area contributed by atoms with Crippen molar-refractivity contribution in [2.45, 2.75) is 6.92 Å². The molecule has 0 radical (unpaired) electrons. The van der Waals surface area contributed by atoms with Crippen LogP contribution in [0, 0.1) is 23.7 Å². The highest BCUT2D eigenvalue weighted by Crippen LogP contribution is 2.33. The molecule has 5 heteroatoms. The van der Waals surface area contributed by atoms with Crippen molar-refractivity contribution in [2.75, 3.05) is 0 Å². The molecule has 1 heterocycles. The van der Waals surface area contributed by atoms with E-state index in [2.05, 4.69) is 0 Å². The van der Waals surface area contributed by atoms with E-state index in [-0.39, 0.29) is 22.3 Å². The first-order chi connectivity index (χ1) is 9.52. The molecule has 2 N–H and O–H groups in total. The summed E-state index contributed by atoms with van der Waals surface area (Å²) >= 11 is 5.99. The first-order valence-electron chi connectivity index (χ1n) is 5.86. The fraction of sp³-hybridized carbons (Fsp3) is 0.0667. The minimum Gasteiger partial charge on any atom is -0.506 e. The first kappa shape index (κ1) is 12.5. The molecule has 20 heavy (non-hydrogen) atoms. The molecule has 98 valence electrons. The molecule has 0 saturated heterocycles. The number of benzene rings is 2. The van der Waals surface area contributed by atoms with Gasteiger partial charge in [0.1, 0.15) is 17.4 Å². The van der Waals surface area contributed by atoms with Crippen LogP contribution in [0.1, 0.15) is 11.1 Å². The fourth-order valence-corrected chi connectivity index (χ4v) is 2.52. The molecule has 0 aliphatic rings. The van der Waals surface area contributed by atoms with Gasteiger partial charge in [-0.15, -0.1) is 0 Å². The third-order valence-electron chi connectivity index (χ3n) is 3.28. The van der Waals surface area contributed by atoms with Crippen molar-refractivity contribution in [2.24, 2.45) is 0 Å². The van der Waals surface area contributed by atoms with Gasteiger partial charge < -0.3 is 9.52 Å². The maximum absolute atomic E-state index is 10.2. The standard InChI is InChI=1S/C15H9ClN2O2/c1-7-4-10-9-5-8(16)2-3-12(9)20-15(18)13(10)14(19)11(7)6-17/h2-5,18-19H,1H3. The highest BCUT2D eigenvalue weighted by molar-refractivity contribution is 6.31. The minimum absolute atomic E-state index is 0.155. The van der Waals surface area contributed by atoms with Gasteiger partial charge in [-0.25, -0.2) is 0 Å².